The lowest BCUT2D eigenvalue weighted by molar-refractivity contribution is -0.110. The maximum atomic E-state index is 12.5. The van der Waals surface area contributed by atoms with Crippen LogP contribution in [-0.2, 0) is 21.4 Å². The van der Waals surface area contributed by atoms with Gasteiger partial charge in [-0.15, -0.1) is 0 Å². The van der Waals surface area contributed by atoms with Gasteiger partial charge in [0.15, 0.2) is 0 Å². The number of rotatable bonds is 6. The quantitative estimate of drug-likeness (QED) is 0.578. The van der Waals surface area contributed by atoms with E-state index in [1.165, 1.54) is 17.7 Å². The molecule has 0 saturated carbocycles. The molecule has 0 bridgehead atoms. The molecular weight excluding hydrogens is 410 g/mol. The Kier molecular flexibility index (Phi) is 5.63. The number of hydrogen-bond donors (Lipinski definition) is 2. The summed E-state index contributed by atoms with van der Waals surface area (Å²) < 4.78 is 23.4. The monoisotopic (exact) mass is 433 g/mol. The van der Waals surface area contributed by atoms with E-state index in [0.717, 1.165) is 24.3 Å². The average Bonchev–Trinajstić information content (AvgIpc) is 3.07. The van der Waals surface area contributed by atoms with Crippen molar-refractivity contribution in [3.63, 3.8) is 0 Å². The number of nitrogens with one attached hydrogen (secondary N) is 1. The summed E-state index contributed by atoms with van der Waals surface area (Å²) in [5, 5.41) is 8.00. The smallest absolute Gasteiger partial charge is 0.256 e. The first kappa shape index (κ1) is 20.8. The first-order valence-electron chi connectivity index (χ1n) is 9.94. The third-order valence-corrected chi connectivity index (χ3v) is 6.18. The number of sulfonamides is 1. The first-order valence-corrected chi connectivity index (χ1v) is 11.5. The molecule has 6 nitrogen and oxygen atoms in total. The van der Waals surface area contributed by atoms with Crippen molar-refractivity contribution >= 4 is 39.0 Å². The molecule has 1 aliphatic rings. The van der Waals surface area contributed by atoms with Gasteiger partial charge >= 0.3 is 0 Å². The molecule has 0 aromatic heterocycles. The second-order valence-electron chi connectivity index (χ2n) is 7.36. The van der Waals surface area contributed by atoms with E-state index in [0.29, 0.717) is 16.8 Å². The Balaban J connectivity index is 1.61. The summed E-state index contributed by atoms with van der Waals surface area (Å²) >= 11 is 0. The van der Waals surface area contributed by atoms with E-state index in [1.54, 1.807) is 12.1 Å². The van der Waals surface area contributed by atoms with Crippen molar-refractivity contribution in [1.29, 1.82) is 0 Å². The van der Waals surface area contributed by atoms with Crippen LogP contribution in [-0.4, -0.2) is 20.9 Å². The number of nitrogens with two attached hydrogens (primary N) is 1. The van der Waals surface area contributed by atoms with Gasteiger partial charge in [-0.05, 0) is 54.5 Å². The van der Waals surface area contributed by atoms with Crippen molar-refractivity contribution in [2.24, 2.45) is 5.14 Å². The summed E-state index contributed by atoms with van der Waals surface area (Å²) in [5.74, 6) is -0.273. The van der Waals surface area contributed by atoms with Crippen molar-refractivity contribution in [3.8, 4) is 0 Å². The molecule has 1 aliphatic heterocycles. The van der Waals surface area contributed by atoms with Crippen LogP contribution in [0, 0.1) is 0 Å². The van der Waals surface area contributed by atoms with Gasteiger partial charge in [0.1, 0.15) is 0 Å². The van der Waals surface area contributed by atoms with Gasteiger partial charge < -0.3 is 10.2 Å². The van der Waals surface area contributed by atoms with Gasteiger partial charge in [-0.25, -0.2) is 13.6 Å². The van der Waals surface area contributed by atoms with E-state index in [1.807, 2.05) is 42.5 Å². The summed E-state index contributed by atoms with van der Waals surface area (Å²) in [6, 6.07) is 22.6. The molecule has 1 amide bonds. The number of carbonyl (C=O) groups is 1. The number of benzene rings is 3. The van der Waals surface area contributed by atoms with E-state index < -0.39 is 10.0 Å². The van der Waals surface area contributed by atoms with Crippen molar-refractivity contribution in [2.45, 2.75) is 18.4 Å². The Morgan fingerprint density at radius 1 is 1.00 bits per heavy atom. The van der Waals surface area contributed by atoms with Gasteiger partial charge in [-0.1, -0.05) is 42.5 Å². The zero-order valence-corrected chi connectivity index (χ0v) is 17.9. The fourth-order valence-corrected chi connectivity index (χ4v) is 4.16. The highest BCUT2D eigenvalue weighted by atomic mass is 32.2. The van der Waals surface area contributed by atoms with E-state index >= 15 is 0 Å². The van der Waals surface area contributed by atoms with E-state index in [2.05, 4.69) is 29.3 Å². The summed E-state index contributed by atoms with van der Waals surface area (Å²) in [6.07, 6.45) is 1.76. The third kappa shape index (κ3) is 4.52. The molecule has 158 valence electrons. The van der Waals surface area contributed by atoms with Gasteiger partial charge in [0.2, 0.25) is 10.0 Å². The van der Waals surface area contributed by atoms with Gasteiger partial charge in [-0.2, -0.15) is 0 Å². The van der Waals surface area contributed by atoms with Crippen molar-refractivity contribution in [1.82, 2.24) is 0 Å². The molecule has 7 heteroatoms. The van der Waals surface area contributed by atoms with E-state index in [4.69, 9.17) is 5.14 Å². The number of hydrogen-bond acceptors (Lipinski definition) is 4. The summed E-state index contributed by atoms with van der Waals surface area (Å²) in [4.78, 5) is 14.7. The molecule has 0 fully saturated rings. The summed E-state index contributed by atoms with van der Waals surface area (Å²) in [7, 11) is -3.85. The standard InChI is InChI=1S/C24H23N3O3S/c1-2-27(16-18-6-4-3-5-7-18)19-10-8-17(9-11-19)14-22-21-15-20(31(25,29)30)12-13-23(21)26-24(22)28/h3-15H,2,16H2,1H3,(H,26,28)(H2,25,29,30)/b22-14+. The summed E-state index contributed by atoms with van der Waals surface area (Å²) in [5.41, 5.74) is 4.67. The topological polar surface area (TPSA) is 92.5 Å². The van der Waals surface area contributed by atoms with Crippen LogP contribution in [0.2, 0.25) is 0 Å². The Labute approximate surface area is 182 Å². The van der Waals surface area contributed by atoms with E-state index in [-0.39, 0.29) is 10.8 Å². The predicted molar refractivity (Wildman–Crippen MR) is 124 cm³/mol. The van der Waals surface area contributed by atoms with Crippen LogP contribution < -0.4 is 15.4 Å². The molecule has 3 aromatic rings. The van der Waals surface area contributed by atoms with Crippen LogP contribution >= 0.6 is 0 Å². The number of nitrogens with zero attached hydrogens (tertiary/aromatic N) is 1. The Bertz CT molecular complexity index is 1250. The highest BCUT2D eigenvalue weighted by Gasteiger charge is 2.25. The minimum absolute atomic E-state index is 0.0245. The van der Waals surface area contributed by atoms with Crippen LogP contribution in [0.25, 0.3) is 11.6 Å². The lowest BCUT2D eigenvalue weighted by atomic mass is 10.0. The number of primary sulfonamides is 1. The van der Waals surface area contributed by atoms with Gasteiger partial charge in [0, 0.05) is 35.6 Å². The van der Waals surface area contributed by atoms with Crippen molar-refractivity contribution in [2.75, 3.05) is 16.8 Å². The SMILES string of the molecule is CCN(Cc1ccccc1)c1ccc(/C=C2/C(=O)Nc3ccc(S(N)(=O)=O)cc32)cc1. The number of carbonyl (C=O) groups excluding carboxylic acids is 1. The minimum Gasteiger partial charge on any atom is -0.367 e. The third-order valence-electron chi connectivity index (χ3n) is 5.27. The molecule has 0 unspecified atom stereocenters. The molecule has 31 heavy (non-hydrogen) atoms. The molecule has 3 aromatic carbocycles. The second-order valence-corrected chi connectivity index (χ2v) is 8.92. The maximum absolute atomic E-state index is 12.5. The molecule has 3 N–H and O–H groups in total. The number of anilines is 2. The maximum Gasteiger partial charge on any atom is 0.256 e. The fraction of sp³-hybridized carbons (Fsp3) is 0.125. The van der Waals surface area contributed by atoms with Crippen LogP contribution in [0.4, 0.5) is 11.4 Å². The number of amides is 1. The largest absolute Gasteiger partial charge is 0.367 e. The van der Waals surface area contributed by atoms with E-state index in [9.17, 15) is 13.2 Å². The van der Waals surface area contributed by atoms with Crippen molar-refractivity contribution in [3.05, 3.63) is 89.5 Å². The van der Waals surface area contributed by atoms with Crippen LogP contribution in [0.1, 0.15) is 23.6 Å². The van der Waals surface area contributed by atoms with Gasteiger partial charge in [0.05, 0.1) is 4.90 Å². The average molecular weight is 434 g/mol. The highest BCUT2D eigenvalue weighted by molar-refractivity contribution is 7.89. The van der Waals surface area contributed by atoms with Crippen molar-refractivity contribution < 1.29 is 13.2 Å². The predicted octanol–water partition coefficient (Wildman–Crippen LogP) is 3.85. The molecule has 4 rings (SSSR count). The van der Waals surface area contributed by atoms with Crippen LogP contribution in [0.5, 0.6) is 0 Å². The molecular formula is C24H23N3O3S. The fourth-order valence-electron chi connectivity index (χ4n) is 3.62. The molecule has 0 radical (unpaired) electrons. The first-order chi connectivity index (χ1) is 14.8. The lowest BCUT2D eigenvalue weighted by Crippen LogP contribution is -2.21. The molecule has 0 atom stereocenters. The van der Waals surface area contributed by atoms with Gasteiger partial charge in [0.25, 0.3) is 5.91 Å². The molecule has 1 heterocycles. The van der Waals surface area contributed by atoms with Crippen LogP contribution in [0.15, 0.2) is 77.7 Å². The van der Waals surface area contributed by atoms with Crippen LogP contribution in [0.3, 0.4) is 0 Å². The minimum atomic E-state index is -3.85. The number of fused-ring (bicyclic) bond motifs is 1. The normalized spacial score (nSPS) is 14.4. The van der Waals surface area contributed by atoms with Gasteiger partial charge in [-0.3, -0.25) is 4.79 Å². The molecule has 0 aliphatic carbocycles. The Morgan fingerprint density at radius 2 is 1.71 bits per heavy atom. The summed E-state index contributed by atoms with van der Waals surface area (Å²) in [6.45, 7) is 3.78. The molecule has 0 spiro atoms. The Morgan fingerprint density at radius 3 is 2.35 bits per heavy atom. The zero-order valence-electron chi connectivity index (χ0n) is 17.1. The molecule has 0 saturated heterocycles. The lowest BCUT2D eigenvalue weighted by Gasteiger charge is -2.23. The Hall–Kier alpha value is -3.42. The highest BCUT2D eigenvalue weighted by Crippen LogP contribution is 2.34. The second kappa shape index (κ2) is 8.37. The zero-order chi connectivity index (χ0) is 22.0.